The Morgan fingerprint density at radius 2 is 2.07 bits per heavy atom. The number of amides is 1. The van der Waals surface area contributed by atoms with E-state index in [1.165, 1.54) is 0 Å². The van der Waals surface area contributed by atoms with Gasteiger partial charge in [-0.2, -0.15) is 0 Å². The largest absolute Gasteiger partial charge is 0.338 e. The van der Waals surface area contributed by atoms with E-state index in [2.05, 4.69) is 26.1 Å². The molecule has 0 aromatic heterocycles. The highest BCUT2D eigenvalue weighted by Gasteiger charge is 2.36. The summed E-state index contributed by atoms with van der Waals surface area (Å²) in [6.45, 7) is 12.0. The molecule has 0 radical (unpaired) electrons. The Labute approximate surface area is 86.9 Å². The normalized spacial score (nSPS) is 28.0. The molecule has 0 saturated carbocycles. The molecule has 3 heteroatoms. The van der Waals surface area contributed by atoms with Crippen LogP contribution in [0.15, 0.2) is 0 Å². The molecular formula is C11H22N2O. The molecule has 1 rings (SSSR count). The van der Waals surface area contributed by atoms with E-state index in [9.17, 15) is 4.79 Å². The van der Waals surface area contributed by atoms with Gasteiger partial charge in [-0.1, -0.05) is 6.92 Å². The maximum atomic E-state index is 12.1. The summed E-state index contributed by atoms with van der Waals surface area (Å²) in [5.74, 6) is 0.750. The number of rotatable bonds is 1. The van der Waals surface area contributed by atoms with Crippen LogP contribution < -0.4 is 5.32 Å². The molecule has 1 N–H and O–H groups in total. The fourth-order valence-corrected chi connectivity index (χ4v) is 1.79. The van der Waals surface area contributed by atoms with E-state index in [0.29, 0.717) is 12.0 Å². The zero-order chi connectivity index (χ0) is 10.9. The molecule has 0 aromatic carbocycles. The lowest BCUT2D eigenvalue weighted by molar-refractivity contribution is -0.137. The minimum absolute atomic E-state index is 0.219. The average Bonchev–Trinajstić information content (AvgIpc) is 2.17. The Morgan fingerprint density at radius 1 is 1.50 bits per heavy atom. The van der Waals surface area contributed by atoms with Crippen molar-refractivity contribution in [2.75, 3.05) is 13.1 Å². The van der Waals surface area contributed by atoms with Gasteiger partial charge in [0.05, 0.1) is 5.54 Å². The molecule has 3 nitrogen and oxygen atoms in total. The third-order valence-electron chi connectivity index (χ3n) is 2.82. The highest BCUT2D eigenvalue weighted by Crippen LogP contribution is 2.17. The maximum Gasteiger partial charge on any atom is 0.242 e. The van der Waals surface area contributed by atoms with Crippen molar-refractivity contribution >= 4 is 5.91 Å². The molecule has 1 aliphatic heterocycles. The number of hydrogen-bond donors (Lipinski definition) is 1. The fourth-order valence-electron chi connectivity index (χ4n) is 1.79. The van der Waals surface area contributed by atoms with Gasteiger partial charge in [0.15, 0.2) is 0 Å². The molecule has 1 aliphatic rings. The van der Waals surface area contributed by atoms with Crippen LogP contribution in [-0.2, 0) is 4.79 Å². The summed E-state index contributed by atoms with van der Waals surface area (Å²) in [4.78, 5) is 14.1. The van der Waals surface area contributed by atoms with Gasteiger partial charge in [-0.15, -0.1) is 0 Å². The predicted molar refractivity (Wildman–Crippen MR) is 58.1 cm³/mol. The number of nitrogens with zero attached hydrogens (tertiary/aromatic N) is 1. The molecule has 1 unspecified atom stereocenters. The van der Waals surface area contributed by atoms with Crippen LogP contribution in [0.2, 0.25) is 0 Å². The summed E-state index contributed by atoms with van der Waals surface area (Å²) in [7, 11) is 0. The van der Waals surface area contributed by atoms with Crippen molar-refractivity contribution in [1.82, 2.24) is 10.2 Å². The van der Waals surface area contributed by atoms with Gasteiger partial charge < -0.3 is 10.2 Å². The third kappa shape index (κ3) is 2.27. The quantitative estimate of drug-likeness (QED) is 0.687. The van der Waals surface area contributed by atoms with Gasteiger partial charge in [-0.3, -0.25) is 4.79 Å². The van der Waals surface area contributed by atoms with Gasteiger partial charge in [-0.25, -0.2) is 0 Å². The first-order valence-corrected chi connectivity index (χ1v) is 5.40. The van der Waals surface area contributed by atoms with Crippen LogP contribution in [0.4, 0.5) is 0 Å². The lowest BCUT2D eigenvalue weighted by Crippen LogP contribution is -2.53. The maximum absolute atomic E-state index is 12.1. The Kier molecular flexibility index (Phi) is 3.20. The number of carbonyl (C=O) groups is 1. The summed E-state index contributed by atoms with van der Waals surface area (Å²) in [5, 5.41) is 3.31. The van der Waals surface area contributed by atoms with E-state index in [4.69, 9.17) is 0 Å². The second-order valence-corrected chi connectivity index (χ2v) is 5.16. The van der Waals surface area contributed by atoms with E-state index < -0.39 is 5.54 Å². The molecule has 0 spiro atoms. The van der Waals surface area contributed by atoms with E-state index in [-0.39, 0.29) is 5.91 Å². The van der Waals surface area contributed by atoms with Crippen molar-refractivity contribution < 1.29 is 4.79 Å². The molecular weight excluding hydrogens is 176 g/mol. The summed E-state index contributed by atoms with van der Waals surface area (Å²) in [6, 6.07) is 0.295. The Morgan fingerprint density at radius 3 is 2.57 bits per heavy atom. The molecule has 1 amide bonds. The van der Waals surface area contributed by atoms with Crippen LogP contribution in [0.5, 0.6) is 0 Å². The zero-order valence-corrected chi connectivity index (χ0v) is 9.92. The van der Waals surface area contributed by atoms with Crippen LogP contribution >= 0.6 is 0 Å². The zero-order valence-electron chi connectivity index (χ0n) is 9.92. The van der Waals surface area contributed by atoms with Crippen LogP contribution in [0.3, 0.4) is 0 Å². The molecule has 1 heterocycles. The lowest BCUT2D eigenvalue weighted by Gasteiger charge is -2.32. The smallest absolute Gasteiger partial charge is 0.242 e. The van der Waals surface area contributed by atoms with Gasteiger partial charge in [-0.05, 0) is 33.6 Å². The SMILES string of the molecule is CC1CNC(C)(C)C(=O)N(C(C)C)C1. The summed E-state index contributed by atoms with van der Waals surface area (Å²) in [5.41, 5.74) is -0.408. The minimum Gasteiger partial charge on any atom is -0.338 e. The highest BCUT2D eigenvalue weighted by molar-refractivity contribution is 5.86. The van der Waals surface area contributed by atoms with Crippen LogP contribution in [-0.4, -0.2) is 35.5 Å². The molecule has 1 saturated heterocycles. The highest BCUT2D eigenvalue weighted by atomic mass is 16.2. The summed E-state index contributed by atoms with van der Waals surface area (Å²) >= 11 is 0. The number of carbonyl (C=O) groups excluding carboxylic acids is 1. The van der Waals surface area contributed by atoms with Crippen molar-refractivity contribution in [2.24, 2.45) is 5.92 Å². The first kappa shape index (κ1) is 11.5. The molecule has 0 aliphatic carbocycles. The van der Waals surface area contributed by atoms with Gasteiger partial charge >= 0.3 is 0 Å². The second-order valence-electron chi connectivity index (χ2n) is 5.16. The molecule has 14 heavy (non-hydrogen) atoms. The van der Waals surface area contributed by atoms with E-state index in [0.717, 1.165) is 13.1 Å². The summed E-state index contributed by atoms with van der Waals surface area (Å²) < 4.78 is 0. The standard InChI is InChI=1S/C11H22N2O/c1-8(2)13-7-9(3)6-12-11(4,5)10(13)14/h8-9,12H,6-7H2,1-5H3. The molecule has 1 fully saturated rings. The minimum atomic E-state index is -0.408. The van der Waals surface area contributed by atoms with Crippen LogP contribution in [0.1, 0.15) is 34.6 Å². The van der Waals surface area contributed by atoms with Gasteiger partial charge in [0.1, 0.15) is 0 Å². The van der Waals surface area contributed by atoms with Crippen molar-refractivity contribution in [3.8, 4) is 0 Å². The van der Waals surface area contributed by atoms with Crippen molar-refractivity contribution in [2.45, 2.75) is 46.2 Å². The lowest BCUT2D eigenvalue weighted by atomic mass is 10.0. The Hall–Kier alpha value is -0.570. The third-order valence-corrected chi connectivity index (χ3v) is 2.82. The van der Waals surface area contributed by atoms with Crippen molar-refractivity contribution in [3.63, 3.8) is 0 Å². The van der Waals surface area contributed by atoms with E-state index in [1.807, 2.05) is 18.7 Å². The molecule has 0 aromatic rings. The second kappa shape index (κ2) is 3.89. The van der Waals surface area contributed by atoms with Crippen LogP contribution in [0, 0.1) is 5.92 Å². The molecule has 1 atom stereocenters. The summed E-state index contributed by atoms with van der Waals surface area (Å²) in [6.07, 6.45) is 0. The fraction of sp³-hybridized carbons (Fsp3) is 0.909. The predicted octanol–water partition coefficient (Wildman–Crippen LogP) is 1.24. The van der Waals surface area contributed by atoms with E-state index in [1.54, 1.807) is 0 Å². The number of nitrogens with one attached hydrogen (secondary N) is 1. The van der Waals surface area contributed by atoms with Crippen LogP contribution in [0.25, 0.3) is 0 Å². The average molecular weight is 198 g/mol. The molecule has 0 bridgehead atoms. The number of hydrogen-bond acceptors (Lipinski definition) is 2. The van der Waals surface area contributed by atoms with Crippen molar-refractivity contribution in [1.29, 1.82) is 0 Å². The monoisotopic (exact) mass is 198 g/mol. The molecule has 82 valence electrons. The van der Waals surface area contributed by atoms with Crippen molar-refractivity contribution in [3.05, 3.63) is 0 Å². The van der Waals surface area contributed by atoms with Gasteiger partial charge in [0, 0.05) is 19.1 Å². The van der Waals surface area contributed by atoms with E-state index >= 15 is 0 Å². The first-order valence-electron chi connectivity index (χ1n) is 5.40. The Balaban J connectivity index is 2.87. The topological polar surface area (TPSA) is 32.3 Å². The first-order chi connectivity index (χ1) is 6.34. The van der Waals surface area contributed by atoms with Gasteiger partial charge in [0.25, 0.3) is 0 Å². The Bertz CT molecular complexity index is 223. The van der Waals surface area contributed by atoms with Gasteiger partial charge in [0.2, 0.25) is 5.91 Å².